The highest BCUT2D eigenvalue weighted by molar-refractivity contribution is 8.30. The Bertz CT molecular complexity index is 2000. The summed E-state index contributed by atoms with van der Waals surface area (Å²) in [6.45, 7) is 6.39. The average Bonchev–Trinajstić information content (AvgIpc) is 3.67. The number of nitrogens with zero attached hydrogens (tertiary/aromatic N) is 4. The van der Waals surface area contributed by atoms with Crippen molar-refractivity contribution >= 4 is 91.3 Å². The normalized spacial score (nSPS) is 18.6. The van der Waals surface area contributed by atoms with Crippen LogP contribution >= 0.6 is 58.4 Å². The lowest BCUT2D eigenvalue weighted by Crippen LogP contribution is -2.34. The number of thioether (sulfide) groups is 2. The van der Waals surface area contributed by atoms with Crippen LogP contribution in [0.25, 0.3) is 11.0 Å². The maximum atomic E-state index is 13.6. The van der Waals surface area contributed by atoms with Crippen LogP contribution in [0.15, 0.2) is 43.8 Å². The van der Waals surface area contributed by atoms with Crippen LogP contribution in [-0.4, -0.2) is 53.5 Å². The highest BCUT2D eigenvalue weighted by Crippen LogP contribution is 2.46. The number of carbonyl (C=O) groups is 2. The van der Waals surface area contributed by atoms with E-state index in [4.69, 9.17) is 12.2 Å². The van der Waals surface area contributed by atoms with E-state index in [0.717, 1.165) is 49.2 Å². The predicted octanol–water partition coefficient (Wildman–Crippen LogP) is 2.26. The van der Waals surface area contributed by atoms with E-state index in [2.05, 4.69) is 4.90 Å². The number of hydrogen-bond acceptors (Lipinski definition) is 11. The number of anilines is 1. The first-order valence-electron chi connectivity index (χ1n) is 13.0. The third kappa shape index (κ3) is 5.33. The van der Waals surface area contributed by atoms with Gasteiger partial charge in [-0.3, -0.25) is 33.2 Å². The van der Waals surface area contributed by atoms with Crippen LogP contribution < -0.4 is 25.2 Å². The van der Waals surface area contributed by atoms with E-state index < -0.39 is 18.4 Å². The molecule has 0 unspecified atom stereocenters. The van der Waals surface area contributed by atoms with Crippen LogP contribution in [0.1, 0.15) is 26.3 Å². The highest BCUT2D eigenvalue weighted by atomic mass is 32.2. The van der Waals surface area contributed by atoms with Crippen LogP contribution in [0.4, 0.5) is 5.69 Å². The molecule has 0 radical (unpaired) electrons. The fraction of sp³-hybridized carbons (Fsp3) is 0.296. The van der Waals surface area contributed by atoms with Crippen molar-refractivity contribution < 1.29 is 19.8 Å². The molecule has 3 aromatic rings. The van der Waals surface area contributed by atoms with Crippen molar-refractivity contribution in [3.8, 4) is 0 Å². The number of thiocarbonyl (C=S) groups is 1. The average molecular weight is 663 g/mol. The van der Waals surface area contributed by atoms with E-state index in [1.807, 2.05) is 38.1 Å². The second-order valence-corrected chi connectivity index (χ2v) is 13.8. The Morgan fingerprint density at radius 1 is 0.929 bits per heavy atom. The van der Waals surface area contributed by atoms with Gasteiger partial charge in [0.25, 0.3) is 17.0 Å². The van der Waals surface area contributed by atoms with Crippen LogP contribution in [0.3, 0.4) is 0 Å². The number of allylic oxidation sites excluding steroid dienone is 1. The molecule has 0 spiro atoms. The zero-order chi connectivity index (χ0) is 30.3. The van der Waals surface area contributed by atoms with Gasteiger partial charge in [-0.1, -0.05) is 41.8 Å². The largest absolute Gasteiger partial charge is 0.480 e. The first-order chi connectivity index (χ1) is 20.1. The molecule has 2 aliphatic rings. The Morgan fingerprint density at radius 2 is 1.64 bits per heavy atom. The van der Waals surface area contributed by atoms with E-state index in [1.165, 1.54) is 15.9 Å². The summed E-state index contributed by atoms with van der Waals surface area (Å²) in [5.41, 5.74) is 1.29. The summed E-state index contributed by atoms with van der Waals surface area (Å²) in [4.78, 5) is 55.7. The van der Waals surface area contributed by atoms with Gasteiger partial charge in [-0.05, 0) is 50.6 Å². The minimum Gasteiger partial charge on any atom is -0.480 e. The minimum atomic E-state index is -1.19. The zero-order valence-corrected chi connectivity index (χ0v) is 26.9. The number of aromatic nitrogens is 2. The van der Waals surface area contributed by atoms with Crippen molar-refractivity contribution in [2.24, 2.45) is 0 Å². The molecule has 1 saturated heterocycles. The van der Waals surface area contributed by atoms with Gasteiger partial charge in [-0.25, -0.2) is 0 Å². The Labute approximate surface area is 261 Å². The number of amides is 1. The zero-order valence-electron chi connectivity index (χ0n) is 22.8. The second-order valence-electron chi connectivity index (χ2n) is 9.07. The molecule has 2 aliphatic heterocycles. The molecule has 1 fully saturated rings. The Balaban J connectivity index is 1.68. The fourth-order valence-electron chi connectivity index (χ4n) is 4.63. The second kappa shape index (κ2) is 12.3. The predicted molar refractivity (Wildman–Crippen MR) is 172 cm³/mol. The summed E-state index contributed by atoms with van der Waals surface area (Å²) < 4.78 is 4.83. The molecule has 0 aliphatic carbocycles. The van der Waals surface area contributed by atoms with Crippen molar-refractivity contribution in [2.45, 2.75) is 45.4 Å². The molecule has 10 nitrogen and oxygen atoms in total. The molecule has 0 atom stereocenters. The van der Waals surface area contributed by atoms with E-state index in [9.17, 15) is 29.4 Å². The van der Waals surface area contributed by atoms with Gasteiger partial charge in [-0.15, -0.1) is 22.7 Å². The quantitative estimate of drug-likeness (QED) is 0.364. The van der Waals surface area contributed by atoms with E-state index in [-0.39, 0.29) is 33.5 Å². The number of aliphatic hydroxyl groups is 1. The molecule has 2 N–H and O–H groups in total. The summed E-state index contributed by atoms with van der Waals surface area (Å²) in [6.07, 6.45) is 3.67. The summed E-state index contributed by atoms with van der Waals surface area (Å²) in [5, 5.41) is 19.7. The van der Waals surface area contributed by atoms with Crippen molar-refractivity contribution in [3.05, 3.63) is 74.0 Å². The van der Waals surface area contributed by atoms with Gasteiger partial charge < -0.3 is 15.1 Å². The molecule has 2 aromatic heterocycles. The number of carbonyl (C=O) groups excluding carboxylic acids is 1. The number of fused-ring (bicyclic) bond motifs is 1. The summed E-state index contributed by atoms with van der Waals surface area (Å²) in [6, 6.07) is 5.84. The molecule has 42 heavy (non-hydrogen) atoms. The van der Waals surface area contributed by atoms with Crippen molar-refractivity contribution in [2.75, 3.05) is 18.0 Å². The van der Waals surface area contributed by atoms with Gasteiger partial charge in [0.1, 0.15) is 29.6 Å². The lowest BCUT2D eigenvalue weighted by Gasteiger charge is -2.18. The van der Waals surface area contributed by atoms with Gasteiger partial charge in [0.15, 0.2) is 0 Å². The standard InChI is InChI=1S/C27H26N4O6S5/c1-4-28-15-11-14(13-32)7-8-16(15)39-18(28)10-9-17-22(35)29(5-2)25(40-17)20-23(36)30(6-3)26(41-20)21-24(37)31(12-19(33)34)27(38)42-21/h7-11,32H,4-6,12-13H2,1-3H3,(H,33,34)/b17-9?,18-10?,25-20-,26-21-. The number of benzene rings is 1. The van der Waals surface area contributed by atoms with Gasteiger partial charge >= 0.3 is 5.97 Å². The van der Waals surface area contributed by atoms with Crippen molar-refractivity contribution in [3.63, 3.8) is 0 Å². The molecule has 0 saturated carbocycles. The minimum absolute atomic E-state index is 0.0429. The van der Waals surface area contributed by atoms with Gasteiger partial charge in [0, 0.05) is 24.5 Å². The van der Waals surface area contributed by atoms with Crippen LogP contribution in [0, 0.1) is 9.20 Å². The van der Waals surface area contributed by atoms with E-state index >= 15 is 0 Å². The molecule has 1 amide bonds. The molecule has 1 aromatic carbocycles. The van der Waals surface area contributed by atoms with E-state index in [0.29, 0.717) is 31.5 Å². The summed E-state index contributed by atoms with van der Waals surface area (Å²) >= 11 is 10.1. The smallest absolute Gasteiger partial charge is 0.323 e. The molecular weight excluding hydrogens is 637 g/mol. The fourth-order valence-corrected chi connectivity index (χ4v) is 9.60. The van der Waals surface area contributed by atoms with Crippen molar-refractivity contribution in [1.82, 2.24) is 14.0 Å². The van der Waals surface area contributed by atoms with Crippen LogP contribution in [-0.2, 0) is 29.3 Å². The number of thiazole rings is 2. The number of carboxylic acids is 1. The Kier molecular flexibility index (Phi) is 8.97. The first-order valence-corrected chi connectivity index (χ1v) is 16.6. The Morgan fingerprint density at radius 3 is 2.29 bits per heavy atom. The molecule has 220 valence electrons. The number of aliphatic hydroxyl groups excluding tert-OH is 1. The summed E-state index contributed by atoms with van der Waals surface area (Å²) in [5.74, 6) is -1.74. The lowest BCUT2D eigenvalue weighted by molar-refractivity contribution is -0.140. The first kappa shape index (κ1) is 30.5. The molecule has 5 rings (SSSR count). The van der Waals surface area contributed by atoms with E-state index in [1.54, 1.807) is 29.3 Å². The molecule has 15 heteroatoms. The topological polar surface area (TPSA) is 125 Å². The lowest BCUT2D eigenvalue weighted by atomic mass is 10.2. The van der Waals surface area contributed by atoms with Gasteiger partial charge in [0.2, 0.25) is 0 Å². The van der Waals surface area contributed by atoms with Gasteiger partial charge in [-0.2, -0.15) is 0 Å². The summed E-state index contributed by atoms with van der Waals surface area (Å²) in [7, 11) is 0. The number of aliphatic carboxylic acids is 1. The molecular formula is C27H26N4O6S5. The number of rotatable bonds is 7. The number of hydrogen-bond donors (Lipinski definition) is 2. The SMILES string of the molecule is CCN1C(=CC=c2s/c(=c3\s/c(=C4\SC(=S)N(CC(=O)O)C4=O)n(CC)c3=O)n(CC)c2=O)Sc2ccc(CO)cc21. The van der Waals surface area contributed by atoms with Gasteiger partial charge in [0.05, 0.1) is 21.9 Å². The maximum Gasteiger partial charge on any atom is 0.323 e. The van der Waals surface area contributed by atoms with Crippen LogP contribution in [0.5, 0.6) is 0 Å². The highest BCUT2D eigenvalue weighted by Gasteiger charge is 2.35. The monoisotopic (exact) mass is 662 g/mol. The number of carboxylic acid groups (broad SMARTS) is 1. The Hall–Kier alpha value is -2.95. The third-order valence-corrected chi connectivity index (χ3v) is 11.8. The van der Waals surface area contributed by atoms with Crippen LogP contribution in [0.2, 0.25) is 0 Å². The molecule has 0 bridgehead atoms. The maximum absolute atomic E-state index is 13.6. The van der Waals surface area contributed by atoms with Crippen molar-refractivity contribution in [1.29, 1.82) is 0 Å². The molecule has 4 heterocycles. The third-order valence-electron chi connectivity index (χ3n) is 6.63.